The number of carbonyl (C=O) groups is 1. The van der Waals surface area contributed by atoms with E-state index in [1.165, 1.54) is 0 Å². The summed E-state index contributed by atoms with van der Waals surface area (Å²) in [6.45, 7) is 13.7. The number of aromatic nitrogens is 2. The Morgan fingerprint density at radius 1 is 1.12 bits per heavy atom. The number of halogens is 2. The first kappa shape index (κ1) is 29.1. The highest BCUT2D eigenvalue weighted by molar-refractivity contribution is 6.49. The van der Waals surface area contributed by atoms with Gasteiger partial charge < -0.3 is 14.6 Å². The van der Waals surface area contributed by atoms with E-state index >= 15 is 4.39 Å². The van der Waals surface area contributed by atoms with Crippen LogP contribution in [-0.2, 0) is 14.1 Å². The lowest BCUT2D eigenvalue weighted by atomic mass is 9.79. The summed E-state index contributed by atoms with van der Waals surface area (Å²) >= 11 is 6.75. The van der Waals surface area contributed by atoms with Gasteiger partial charge in [-0.05, 0) is 102 Å². The molecule has 10 heteroatoms. The Labute approximate surface area is 250 Å². The predicted octanol–water partition coefficient (Wildman–Crippen LogP) is 7.00. The molecule has 0 spiro atoms. The fourth-order valence-electron chi connectivity index (χ4n) is 5.66. The first-order valence-corrected chi connectivity index (χ1v) is 14.9. The molecule has 1 unspecified atom stereocenters. The number of nitrogens with zero attached hydrogens (tertiary/aromatic N) is 2. The largest absolute Gasteiger partial charge is 0.461 e. The molecule has 7 nitrogen and oxygen atoms in total. The fraction of sp³-hybridized carbons (Fsp3) is 0.469. The SMILES string of the molecule is Cc1cnc(-c2cccc(NC(=O)C3(C)CC3)c2F)cc1-n1c(C)cc([C@@H]2CC2B2OC(C)(C)C(C)(C)O2)c(Cl)c1=O. The molecule has 2 saturated carbocycles. The highest BCUT2D eigenvalue weighted by Gasteiger charge is 2.60. The molecule has 1 aromatic carbocycles. The van der Waals surface area contributed by atoms with Crippen LogP contribution in [0.3, 0.4) is 0 Å². The van der Waals surface area contributed by atoms with Gasteiger partial charge in [0, 0.05) is 28.7 Å². The summed E-state index contributed by atoms with van der Waals surface area (Å²) in [6, 6.07) is 8.48. The molecular weight excluding hydrogens is 556 g/mol. The molecule has 3 aliphatic rings. The fourth-order valence-corrected chi connectivity index (χ4v) is 5.94. The van der Waals surface area contributed by atoms with E-state index in [9.17, 15) is 9.59 Å². The van der Waals surface area contributed by atoms with Gasteiger partial charge in [-0.15, -0.1) is 0 Å². The van der Waals surface area contributed by atoms with Crippen LogP contribution >= 0.6 is 11.6 Å². The van der Waals surface area contributed by atoms with E-state index < -0.39 is 22.4 Å². The molecule has 42 heavy (non-hydrogen) atoms. The van der Waals surface area contributed by atoms with Crippen molar-refractivity contribution in [1.82, 2.24) is 9.55 Å². The molecule has 6 rings (SSSR count). The van der Waals surface area contributed by atoms with E-state index in [4.69, 9.17) is 20.9 Å². The summed E-state index contributed by atoms with van der Waals surface area (Å²) in [5, 5.41) is 2.89. The number of hydrogen-bond acceptors (Lipinski definition) is 5. The Hall–Kier alpha value is -3.01. The van der Waals surface area contributed by atoms with Gasteiger partial charge in [-0.25, -0.2) is 4.39 Å². The van der Waals surface area contributed by atoms with Crippen molar-refractivity contribution in [2.45, 2.75) is 90.7 Å². The topological polar surface area (TPSA) is 82.5 Å². The molecule has 1 amide bonds. The predicted molar refractivity (Wildman–Crippen MR) is 163 cm³/mol. The molecule has 3 heterocycles. The summed E-state index contributed by atoms with van der Waals surface area (Å²) in [5.74, 6) is -0.584. The zero-order valence-corrected chi connectivity index (χ0v) is 25.9. The number of benzene rings is 1. The second-order valence-electron chi connectivity index (χ2n) is 13.4. The van der Waals surface area contributed by atoms with Crippen molar-refractivity contribution in [2.24, 2.45) is 5.41 Å². The van der Waals surface area contributed by atoms with E-state index in [1.807, 2.05) is 54.5 Å². The Bertz CT molecular complexity index is 1670. The Balaban J connectivity index is 1.31. The Kier molecular flexibility index (Phi) is 6.76. The summed E-state index contributed by atoms with van der Waals surface area (Å²) in [4.78, 5) is 30.8. The van der Waals surface area contributed by atoms with E-state index in [2.05, 4.69) is 10.3 Å². The van der Waals surface area contributed by atoms with Crippen LogP contribution in [-0.4, -0.2) is 33.8 Å². The van der Waals surface area contributed by atoms with E-state index in [-0.39, 0.29) is 46.6 Å². The van der Waals surface area contributed by atoms with Crippen molar-refractivity contribution in [1.29, 1.82) is 0 Å². The zero-order chi connectivity index (χ0) is 30.4. The van der Waals surface area contributed by atoms with Crippen LogP contribution < -0.4 is 10.9 Å². The number of pyridine rings is 2. The van der Waals surface area contributed by atoms with Crippen LogP contribution in [0.25, 0.3) is 16.9 Å². The number of nitrogens with one attached hydrogen (secondary N) is 1. The minimum Gasteiger partial charge on any atom is -0.403 e. The first-order valence-electron chi connectivity index (χ1n) is 14.5. The van der Waals surface area contributed by atoms with Gasteiger partial charge in [-0.2, -0.15) is 0 Å². The molecule has 3 fully saturated rings. The smallest absolute Gasteiger partial charge is 0.403 e. The summed E-state index contributed by atoms with van der Waals surface area (Å²) in [5.41, 5.74) is 1.85. The molecule has 3 aromatic rings. The van der Waals surface area contributed by atoms with Crippen LogP contribution in [0, 0.1) is 25.1 Å². The maximum Gasteiger partial charge on any atom is 0.461 e. The van der Waals surface area contributed by atoms with Gasteiger partial charge in [-0.1, -0.05) is 24.6 Å². The molecule has 1 saturated heterocycles. The standard InChI is InChI=1S/C32H36BClFN3O4/c1-17-16-36-24(19-9-8-10-23(27(19)35)37-29(40)32(7)11-12-32)15-25(17)38-18(2)13-21(26(34)28(38)39)20-14-22(20)33-41-30(3,4)31(5,6)42-33/h8-10,13,15-16,20,22H,11-12,14H2,1-7H3,(H,37,40)/t20-,22?/m0/s1. The second kappa shape index (κ2) is 9.76. The normalized spacial score (nSPS) is 23.1. The third-order valence-corrected chi connectivity index (χ3v) is 9.99. The lowest BCUT2D eigenvalue weighted by molar-refractivity contribution is -0.120. The number of rotatable bonds is 6. The van der Waals surface area contributed by atoms with Gasteiger partial charge in [0.25, 0.3) is 5.56 Å². The number of carbonyl (C=O) groups excluding carboxylic acids is 1. The minimum atomic E-state index is -0.572. The van der Waals surface area contributed by atoms with Crippen molar-refractivity contribution in [3.8, 4) is 16.9 Å². The van der Waals surface area contributed by atoms with Crippen molar-refractivity contribution in [3.63, 3.8) is 0 Å². The molecule has 1 aliphatic heterocycles. The van der Waals surface area contributed by atoms with Crippen LogP contribution in [0.1, 0.15) is 76.6 Å². The minimum absolute atomic E-state index is 0.0623. The number of anilines is 1. The molecule has 0 bridgehead atoms. The summed E-state index contributed by atoms with van der Waals surface area (Å²) < 4.78 is 29.7. The van der Waals surface area contributed by atoms with Gasteiger partial charge in [0.05, 0.1) is 28.3 Å². The van der Waals surface area contributed by atoms with Gasteiger partial charge in [-0.3, -0.25) is 19.1 Å². The van der Waals surface area contributed by atoms with Crippen LogP contribution in [0.15, 0.2) is 41.3 Å². The van der Waals surface area contributed by atoms with Gasteiger partial charge in [0.1, 0.15) is 5.02 Å². The highest BCUT2D eigenvalue weighted by Crippen LogP contribution is 2.59. The molecule has 2 aliphatic carbocycles. The third kappa shape index (κ3) is 4.79. The van der Waals surface area contributed by atoms with E-state index in [1.54, 1.807) is 35.0 Å². The maximum atomic E-state index is 15.6. The van der Waals surface area contributed by atoms with Crippen molar-refractivity contribution in [3.05, 3.63) is 74.5 Å². The molecule has 2 atom stereocenters. The average molecular weight is 592 g/mol. The molecule has 1 N–H and O–H groups in total. The van der Waals surface area contributed by atoms with Crippen LogP contribution in [0.4, 0.5) is 10.1 Å². The van der Waals surface area contributed by atoms with E-state index in [0.29, 0.717) is 17.1 Å². The quantitative estimate of drug-likeness (QED) is 0.312. The summed E-state index contributed by atoms with van der Waals surface area (Å²) in [6.07, 6.45) is 4.02. The summed E-state index contributed by atoms with van der Waals surface area (Å²) in [7, 11) is -0.355. The monoisotopic (exact) mass is 591 g/mol. The maximum absolute atomic E-state index is 15.6. The Morgan fingerprint density at radius 2 is 1.79 bits per heavy atom. The van der Waals surface area contributed by atoms with Crippen molar-refractivity contribution < 1.29 is 18.5 Å². The lowest BCUT2D eigenvalue weighted by Crippen LogP contribution is -2.41. The van der Waals surface area contributed by atoms with Crippen LogP contribution in [0.5, 0.6) is 0 Å². The number of aryl methyl sites for hydroxylation is 2. The molecular formula is C32H36BClFN3O4. The van der Waals surface area contributed by atoms with Gasteiger partial charge in [0.2, 0.25) is 5.91 Å². The van der Waals surface area contributed by atoms with Gasteiger partial charge in [0.15, 0.2) is 5.82 Å². The number of hydrogen-bond donors (Lipinski definition) is 1. The third-order valence-electron chi connectivity index (χ3n) is 9.61. The average Bonchev–Trinajstić information content (AvgIpc) is 3.84. The zero-order valence-electron chi connectivity index (χ0n) is 25.1. The highest BCUT2D eigenvalue weighted by atomic mass is 35.5. The van der Waals surface area contributed by atoms with E-state index in [0.717, 1.165) is 30.4 Å². The first-order chi connectivity index (χ1) is 19.6. The van der Waals surface area contributed by atoms with Gasteiger partial charge >= 0.3 is 7.12 Å². The lowest BCUT2D eigenvalue weighted by Gasteiger charge is -2.32. The van der Waals surface area contributed by atoms with Crippen molar-refractivity contribution >= 4 is 30.3 Å². The number of amides is 1. The molecule has 2 aromatic heterocycles. The second-order valence-corrected chi connectivity index (χ2v) is 13.7. The molecule has 220 valence electrons. The van der Waals surface area contributed by atoms with Crippen molar-refractivity contribution in [2.75, 3.05) is 5.32 Å². The van der Waals surface area contributed by atoms with Crippen LogP contribution in [0.2, 0.25) is 10.8 Å². The molecule has 0 radical (unpaired) electrons. The Morgan fingerprint density at radius 3 is 2.43 bits per heavy atom.